The average molecular weight is 336 g/mol. The van der Waals surface area contributed by atoms with Crippen molar-refractivity contribution in [2.75, 3.05) is 6.54 Å². The van der Waals surface area contributed by atoms with Crippen LogP contribution in [0.5, 0.6) is 0 Å². The molecule has 0 saturated carbocycles. The molecule has 0 amide bonds. The first kappa shape index (κ1) is 16.3. The fourth-order valence-corrected chi connectivity index (χ4v) is 6.31. The van der Waals surface area contributed by atoms with Crippen molar-refractivity contribution in [2.24, 2.45) is 0 Å². The predicted molar refractivity (Wildman–Crippen MR) is 85.1 cm³/mol. The van der Waals surface area contributed by atoms with Gasteiger partial charge in [-0.25, -0.2) is 8.42 Å². The minimum Gasteiger partial charge on any atom is -0.207 e. The van der Waals surface area contributed by atoms with E-state index in [2.05, 4.69) is 6.92 Å². The summed E-state index contributed by atoms with van der Waals surface area (Å²) >= 11 is 7.31. The molecule has 2 rings (SSSR count). The highest BCUT2D eigenvalue weighted by Gasteiger charge is 2.33. The molecule has 3 nitrogen and oxygen atoms in total. The molecular formula is C14H22ClNO2S2. The van der Waals surface area contributed by atoms with Gasteiger partial charge in [-0.05, 0) is 32.3 Å². The van der Waals surface area contributed by atoms with E-state index in [1.807, 2.05) is 6.92 Å². The second-order valence-corrected chi connectivity index (χ2v) is 8.76. The molecule has 0 spiro atoms. The smallest absolute Gasteiger partial charge is 0.207 e. The van der Waals surface area contributed by atoms with Gasteiger partial charge in [0, 0.05) is 22.3 Å². The molecular weight excluding hydrogens is 314 g/mol. The Hall–Kier alpha value is -0.100. The van der Waals surface area contributed by atoms with E-state index in [0.29, 0.717) is 17.3 Å². The molecule has 1 atom stereocenters. The second kappa shape index (κ2) is 6.77. The zero-order chi connectivity index (χ0) is 14.8. The summed E-state index contributed by atoms with van der Waals surface area (Å²) in [5, 5.41) is 0. The minimum absolute atomic E-state index is 0.140. The van der Waals surface area contributed by atoms with Crippen molar-refractivity contribution in [3.05, 3.63) is 15.8 Å². The number of rotatable bonds is 4. The molecule has 1 aromatic rings. The van der Waals surface area contributed by atoms with E-state index in [1.165, 1.54) is 11.3 Å². The Morgan fingerprint density at radius 1 is 1.40 bits per heavy atom. The number of thiophene rings is 1. The maximum absolute atomic E-state index is 12.9. The standard InChI is InChI=1S/C14H22ClNO2S2/c1-3-12-7-5-4-6-8-16(12)20(17,18)14-9-13(10-15)19-11(14)2/h9,12H,3-8,10H2,1-2H3. The van der Waals surface area contributed by atoms with E-state index < -0.39 is 10.0 Å². The Morgan fingerprint density at radius 3 is 2.75 bits per heavy atom. The molecule has 0 aliphatic carbocycles. The monoisotopic (exact) mass is 335 g/mol. The van der Waals surface area contributed by atoms with Crippen molar-refractivity contribution in [1.29, 1.82) is 0 Å². The van der Waals surface area contributed by atoms with Gasteiger partial charge in [-0.2, -0.15) is 4.31 Å². The largest absolute Gasteiger partial charge is 0.244 e. The van der Waals surface area contributed by atoms with E-state index in [9.17, 15) is 8.42 Å². The van der Waals surface area contributed by atoms with Crippen molar-refractivity contribution in [1.82, 2.24) is 4.31 Å². The molecule has 1 fully saturated rings. The quantitative estimate of drug-likeness (QED) is 0.775. The maximum atomic E-state index is 12.9. The Labute approximate surface area is 131 Å². The number of alkyl halides is 1. The average Bonchev–Trinajstić information content (AvgIpc) is 2.66. The zero-order valence-corrected chi connectivity index (χ0v) is 14.5. The number of sulfonamides is 1. The van der Waals surface area contributed by atoms with Crippen LogP contribution in [-0.2, 0) is 15.9 Å². The van der Waals surface area contributed by atoms with Gasteiger partial charge in [0.15, 0.2) is 0 Å². The molecule has 0 bridgehead atoms. The summed E-state index contributed by atoms with van der Waals surface area (Å²) in [7, 11) is -3.38. The number of hydrogen-bond acceptors (Lipinski definition) is 3. The van der Waals surface area contributed by atoms with E-state index in [1.54, 1.807) is 10.4 Å². The van der Waals surface area contributed by atoms with Gasteiger partial charge in [0.25, 0.3) is 0 Å². The Kier molecular flexibility index (Phi) is 5.51. The van der Waals surface area contributed by atoms with Crippen LogP contribution in [0.3, 0.4) is 0 Å². The van der Waals surface area contributed by atoms with Crippen molar-refractivity contribution in [3.8, 4) is 0 Å². The van der Waals surface area contributed by atoms with Gasteiger partial charge >= 0.3 is 0 Å². The first-order valence-electron chi connectivity index (χ1n) is 7.17. The molecule has 1 aliphatic heterocycles. The predicted octanol–water partition coefficient (Wildman–Crippen LogP) is 4.14. The molecule has 1 saturated heterocycles. The van der Waals surface area contributed by atoms with Crippen LogP contribution in [-0.4, -0.2) is 25.3 Å². The molecule has 1 aromatic heterocycles. The fourth-order valence-electron chi connectivity index (χ4n) is 2.85. The first-order valence-corrected chi connectivity index (χ1v) is 9.97. The summed E-state index contributed by atoms with van der Waals surface area (Å²) < 4.78 is 27.6. The van der Waals surface area contributed by atoms with Gasteiger partial charge in [0.2, 0.25) is 10.0 Å². The first-order chi connectivity index (χ1) is 9.50. The van der Waals surface area contributed by atoms with Crippen molar-refractivity contribution < 1.29 is 8.42 Å². The van der Waals surface area contributed by atoms with Gasteiger partial charge in [-0.15, -0.1) is 22.9 Å². The van der Waals surface area contributed by atoms with Gasteiger partial charge in [-0.3, -0.25) is 0 Å². The lowest BCUT2D eigenvalue weighted by atomic mass is 10.1. The molecule has 0 N–H and O–H groups in total. The molecule has 6 heteroatoms. The van der Waals surface area contributed by atoms with Crippen LogP contribution in [0.4, 0.5) is 0 Å². The summed E-state index contributed by atoms with van der Waals surface area (Å²) in [6.45, 7) is 4.59. The van der Waals surface area contributed by atoms with Crippen molar-refractivity contribution in [2.45, 2.75) is 62.8 Å². The normalized spacial score (nSPS) is 21.9. The Morgan fingerprint density at radius 2 is 2.15 bits per heavy atom. The van der Waals surface area contributed by atoms with E-state index in [0.717, 1.165) is 41.9 Å². The van der Waals surface area contributed by atoms with Crippen LogP contribution < -0.4 is 0 Å². The lowest BCUT2D eigenvalue weighted by Gasteiger charge is -2.28. The van der Waals surface area contributed by atoms with Crippen LogP contribution in [0.2, 0.25) is 0 Å². The van der Waals surface area contributed by atoms with Crippen LogP contribution in [0.15, 0.2) is 11.0 Å². The second-order valence-electron chi connectivity index (χ2n) is 5.29. The number of hydrogen-bond donors (Lipinski definition) is 0. The maximum Gasteiger partial charge on any atom is 0.244 e. The van der Waals surface area contributed by atoms with Crippen LogP contribution in [0, 0.1) is 6.92 Å². The zero-order valence-electron chi connectivity index (χ0n) is 12.1. The number of aryl methyl sites for hydroxylation is 1. The molecule has 0 aromatic carbocycles. The third-order valence-corrected chi connectivity index (χ3v) is 7.64. The molecule has 2 heterocycles. The van der Waals surface area contributed by atoms with E-state index in [-0.39, 0.29) is 6.04 Å². The van der Waals surface area contributed by atoms with Gasteiger partial charge in [0.1, 0.15) is 0 Å². The third-order valence-electron chi connectivity index (χ3n) is 3.94. The van der Waals surface area contributed by atoms with E-state index in [4.69, 9.17) is 11.6 Å². The topological polar surface area (TPSA) is 37.4 Å². The summed E-state index contributed by atoms with van der Waals surface area (Å²) in [5.74, 6) is 0.373. The molecule has 20 heavy (non-hydrogen) atoms. The fraction of sp³-hybridized carbons (Fsp3) is 0.714. The highest BCUT2D eigenvalue weighted by molar-refractivity contribution is 7.89. The van der Waals surface area contributed by atoms with Gasteiger partial charge < -0.3 is 0 Å². The third kappa shape index (κ3) is 3.21. The van der Waals surface area contributed by atoms with Crippen molar-refractivity contribution >= 4 is 33.0 Å². The molecule has 1 aliphatic rings. The molecule has 0 radical (unpaired) electrons. The molecule has 1 unspecified atom stereocenters. The Bertz CT molecular complexity index is 554. The Balaban J connectivity index is 2.38. The van der Waals surface area contributed by atoms with Crippen LogP contribution in [0.1, 0.15) is 48.8 Å². The lowest BCUT2D eigenvalue weighted by Crippen LogP contribution is -2.39. The SMILES string of the molecule is CCC1CCCCCN1S(=O)(=O)c1cc(CCl)sc1C. The van der Waals surface area contributed by atoms with Crippen molar-refractivity contribution in [3.63, 3.8) is 0 Å². The summed E-state index contributed by atoms with van der Waals surface area (Å²) in [4.78, 5) is 2.23. The van der Waals surface area contributed by atoms with Crippen LogP contribution >= 0.6 is 22.9 Å². The van der Waals surface area contributed by atoms with Gasteiger partial charge in [0.05, 0.1) is 10.8 Å². The number of halogens is 1. The lowest BCUT2D eigenvalue weighted by molar-refractivity contribution is 0.315. The summed E-state index contributed by atoms with van der Waals surface area (Å²) in [5.41, 5.74) is 0. The minimum atomic E-state index is -3.38. The summed E-state index contributed by atoms with van der Waals surface area (Å²) in [6.07, 6.45) is 5.06. The highest BCUT2D eigenvalue weighted by Crippen LogP contribution is 2.32. The summed E-state index contributed by atoms with van der Waals surface area (Å²) in [6, 6.07) is 1.89. The van der Waals surface area contributed by atoms with Crippen LogP contribution in [0.25, 0.3) is 0 Å². The number of nitrogens with zero attached hydrogens (tertiary/aromatic N) is 1. The molecule has 114 valence electrons. The highest BCUT2D eigenvalue weighted by atomic mass is 35.5. The van der Waals surface area contributed by atoms with Gasteiger partial charge in [-0.1, -0.05) is 19.8 Å². The van der Waals surface area contributed by atoms with E-state index >= 15 is 0 Å².